The molecule has 0 fully saturated rings. The second-order valence-corrected chi connectivity index (χ2v) is 10.1. The van der Waals surface area contributed by atoms with Crippen LogP contribution in [0.15, 0.2) is 89.3 Å². The number of methoxy groups -OCH3 is 1. The minimum absolute atomic E-state index is 0.283. The van der Waals surface area contributed by atoms with Crippen LogP contribution in [-0.4, -0.2) is 38.9 Å². The molecular formula is C27H23NO4S. The molecule has 1 heterocycles. The fraction of sp³-hybridized carbons (Fsp3) is 0.148. The van der Waals surface area contributed by atoms with Gasteiger partial charge in [-0.1, -0.05) is 60.2 Å². The minimum atomic E-state index is -3.64. The average molecular weight is 458 g/mol. The topological polar surface area (TPSA) is 63.7 Å². The van der Waals surface area contributed by atoms with E-state index in [0.29, 0.717) is 17.0 Å². The van der Waals surface area contributed by atoms with E-state index in [9.17, 15) is 13.2 Å². The van der Waals surface area contributed by atoms with Gasteiger partial charge in [-0.25, -0.2) is 13.2 Å². The van der Waals surface area contributed by atoms with Gasteiger partial charge in [0.05, 0.1) is 17.6 Å². The summed E-state index contributed by atoms with van der Waals surface area (Å²) >= 11 is 0. The van der Waals surface area contributed by atoms with Crippen molar-refractivity contribution in [3.63, 3.8) is 0 Å². The summed E-state index contributed by atoms with van der Waals surface area (Å²) in [5.74, 6) is -0.389. The molecule has 0 saturated carbocycles. The van der Waals surface area contributed by atoms with E-state index in [2.05, 4.69) is 12.1 Å². The molecule has 0 spiro atoms. The van der Waals surface area contributed by atoms with E-state index in [1.807, 2.05) is 49.4 Å². The van der Waals surface area contributed by atoms with E-state index in [1.165, 1.54) is 11.4 Å². The van der Waals surface area contributed by atoms with E-state index in [1.54, 1.807) is 24.3 Å². The molecule has 0 atom stereocenters. The van der Waals surface area contributed by atoms with Gasteiger partial charge < -0.3 is 4.74 Å². The fourth-order valence-corrected chi connectivity index (χ4v) is 5.84. The van der Waals surface area contributed by atoms with Crippen molar-refractivity contribution < 1.29 is 17.9 Å². The molecule has 166 valence electrons. The van der Waals surface area contributed by atoms with Crippen molar-refractivity contribution >= 4 is 27.1 Å². The number of rotatable bonds is 4. The van der Waals surface area contributed by atoms with Crippen LogP contribution in [0.5, 0.6) is 0 Å². The first-order valence-corrected chi connectivity index (χ1v) is 12.1. The number of ether oxygens (including phenoxy) is 1. The van der Waals surface area contributed by atoms with Gasteiger partial charge in [0.1, 0.15) is 0 Å². The molecule has 3 aromatic carbocycles. The molecule has 6 heteroatoms. The summed E-state index contributed by atoms with van der Waals surface area (Å²) in [5.41, 5.74) is 7.64. The van der Waals surface area contributed by atoms with Crippen LogP contribution in [0.4, 0.5) is 0 Å². The Balaban J connectivity index is 1.60. The van der Waals surface area contributed by atoms with Crippen LogP contribution < -0.4 is 0 Å². The Morgan fingerprint density at radius 1 is 0.909 bits per heavy atom. The highest BCUT2D eigenvalue weighted by molar-refractivity contribution is 7.89. The van der Waals surface area contributed by atoms with Crippen LogP contribution in [0, 0.1) is 6.92 Å². The number of benzene rings is 3. The zero-order valence-electron chi connectivity index (χ0n) is 18.4. The highest BCUT2D eigenvalue weighted by Gasteiger charge is 2.35. The first kappa shape index (κ1) is 21.4. The van der Waals surface area contributed by atoms with Gasteiger partial charge in [-0.15, -0.1) is 0 Å². The Hall–Kier alpha value is -3.48. The number of nitrogens with zero attached hydrogens (tertiary/aromatic N) is 1. The molecule has 2 aliphatic rings. The van der Waals surface area contributed by atoms with E-state index >= 15 is 0 Å². The summed E-state index contributed by atoms with van der Waals surface area (Å²) in [5, 5.41) is 0. The molecule has 0 amide bonds. The third kappa shape index (κ3) is 3.61. The third-order valence-corrected chi connectivity index (χ3v) is 8.03. The highest BCUT2D eigenvalue weighted by atomic mass is 32.2. The molecule has 0 aromatic heterocycles. The van der Waals surface area contributed by atoms with Crippen LogP contribution >= 0.6 is 0 Å². The average Bonchev–Trinajstić information content (AvgIpc) is 3.17. The van der Waals surface area contributed by atoms with Crippen LogP contribution in [0.1, 0.15) is 32.6 Å². The lowest BCUT2D eigenvalue weighted by Crippen LogP contribution is -2.35. The van der Waals surface area contributed by atoms with Crippen molar-refractivity contribution in [1.82, 2.24) is 4.31 Å². The van der Waals surface area contributed by atoms with Crippen LogP contribution in [-0.2, 0) is 14.8 Å². The lowest BCUT2D eigenvalue weighted by molar-refractivity contribution is 0.0600. The molecular weight excluding hydrogens is 434 g/mol. The Labute approximate surface area is 193 Å². The third-order valence-electron chi connectivity index (χ3n) is 6.20. The van der Waals surface area contributed by atoms with Crippen molar-refractivity contribution in [2.75, 3.05) is 20.2 Å². The SMILES string of the molecule is COC(=O)c1ccc(C2=C3CN(S(=O)(=O)c4ccc(C)cc4)CC=C3c3ccccc32)cc1. The molecule has 0 radical (unpaired) electrons. The maximum absolute atomic E-state index is 13.4. The quantitative estimate of drug-likeness (QED) is 0.534. The Morgan fingerprint density at radius 2 is 1.58 bits per heavy atom. The maximum atomic E-state index is 13.4. The van der Waals surface area contributed by atoms with Crippen molar-refractivity contribution in [2.24, 2.45) is 0 Å². The molecule has 3 aromatic rings. The maximum Gasteiger partial charge on any atom is 0.337 e. The smallest absolute Gasteiger partial charge is 0.337 e. The van der Waals surface area contributed by atoms with E-state index < -0.39 is 10.0 Å². The Bertz CT molecular complexity index is 1420. The Morgan fingerprint density at radius 3 is 2.24 bits per heavy atom. The molecule has 5 nitrogen and oxygen atoms in total. The predicted molar refractivity (Wildman–Crippen MR) is 128 cm³/mol. The molecule has 0 unspecified atom stereocenters. The van der Waals surface area contributed by atoms with Gasteiger partial charge >= 0.3 is 5.97 Å². The summed E-state index contributed by atoms with van der Waals surface area (Å²) in [6.07, 6.45) is 2.00. The van der Waals surface area contributed by atoms with Crippen LogP contribution in [0.25, 0.3) is 11.1 Å². The number of carbonyl (C=O) groups excluding carboxylic acids is 1. The minimum Gasteiger partial charge on any atom is -0.465 e. The largest absolute Gasteiger partial charge is 0.465 e. The van der Waals surface area contributed by atoms with Gasteiger partial charge in [0, 0.05) is 13.1 Å². The summed E-state index contributed by atoms with van der Waals surface area (Å²) in [6, 6.07) is 22.3. The van der Waals surface area contributed by atoms with Crippen molar-refractivity contribution in [1.29, 1.82) is 0 Å². The molecule has 1 aliphatic carbocycles. The number of esters is 1. The first-order valence-electron chi connectivity index (χ1n) is 10.7. The second kappa shape index (κ2) is 8.14. The summed E-state index contributed by atoms with van der Waals surface area (Å²) in [6.45, 7) is 2.54. The van der Waals surface area contributed by atoms with Gasteiger partial charge in [-0.05, 0) is 64.6 Å². The molecule has 0 N–H and O–H groups in total. The van der Waals surface area contributed by atoms with Crippen molar-refractivity contribution in [2.45, 2.75) is 11.8 Å². The number of sulfonamides is 1. The van der Waals surface area contributed by atoms with Gasteiger partial charge in [0.15, 0.2) is 0 Å². The number of aryl methyl sites for hydroxylation is 1. The van der Waals surface area contributed by atoms with Gasteiger partial charge in [-0.2, -0.15) is 4.31 Å². The predicted octanol–water partition coefficient (Wildman–Crippen LogP) is 4.69. The monoisotopic (exact) mass is 457 g/mol. The van der Waals surface area contributed by atoms with Crippen molar-refractivity contribution in [3.05, 3.63) is 112 Å². The molecule has 0 saturated heterocycles. The van der Waals surface area contributed by atoms with Gasteiger partial charge in [0.25, 0.3) is 0 Å². The first-order chi connectivity index (χ1) is 15.9. The second-order valence-electron chi connectivity index (χ2n) is 8.20. The van der Waals surface area contributed by atoms with Gasteiger partial charge in [-0.3, -0.25) is 0 Å². The van der Waals surface area contributed by atoms with Crippen LogP contribution in [0.3, 0.4) is 0 Å². The van der Waals surface area contributed by atoms with Crippen molar-refractivity contribution in [3.8, 4) is 0 Å². The number of fused-ring (bicyclic) bond motifs is 3. The summed E-state index contributed by atoms with van der Waals surface area (Å²) in [4.78, 5) is 12.2. The fourth-order valence-electron chi connectivity index (χ4n) is 4.49. The summed E-state index contributed by atoms with van der Waals surface area (Å²) in [7, 11) is -2.28. The molecule has 0 bridgehead atoms. The van der Waals surface area contributed by atoms with Crippen LogP contribution in [0.2, 0.25) is 0 Å². The van der Waals surface area contributed by atoms with E-state index in [4.69, 9.17) is 4.74 Å². The number of carbonyl (C=O) groups is 1. The zero-order chi connectivity index (χ0) is 23.2. The zero-order valence-corrected chi connectivity index (χ0v) is 19.2. The highest BCUT2D eigenvalue weighted by Crippen LogP contribution is 2.46. The normalized spacial score (nSPS) is 15.6. The van der Waals surface area contributed by atoms with Gasteiger partial charge in [0.2, 0.25) is 10.0 Å². The van der Waals surface area contributed by atoms with E-state index in [0.717, 1.165) is 39.0 Å². The standard InChI is InChI=1S/C27H23NO4S/c1-18-7-13-21(14-8-18)33(30,31)28-16-15-23-22-5-3-4-6-24(22)26(25(23)17-28)19-9-11-20(12-10-19)27(29)32-2/h3-15H,16-17H2,1-2H3. The number of hydrogen-bond acceptors (Lipinski definition) is 4. The summed E-state index contributed by atoms with van der Waals surface area (Å²) < 4.78 is 33.1. The molecule has 1 aliphatic heterocycles. The number of hydrogen-bond donors (Lipinski definition) is 0. The molecule has 33 heavy (non-hydrogen) atoms. The lowest BCUT2D eigenvalue weighted by Gasteiger charge is -2.27. The Kier molecular flexibility index (Phi) is 5.27. The lowest BCUT2D eigenvalue weighted by atomic mass is 9.96. The van der Waals surface area contributed by atoms with E-state index in [-0.39, 0.29) is 12.5 Å². The molecule has 5 rings (SSSR count).